The Morgan fingerprint density at radius 1 is 1.48 bits per heavy atom. The number of carbonyl (C=O) groups excluding carboxylic acids is 1. The van der Waals surface area contributed by atoms with Crippen LogP contribution in [0.25, 0.3) is 0 Å². The van der Waals surface area contributed by atoms with Crippen molar-refractivity contribution in [3.8, 4) is 5.75 Å². The van der Waals surface area contributed by atoms with Gasteiger partial charge in [0.15, 0.2) is 0 Å². The van der Waals surface area contributed by atoms with Crippen LogP contribution in [-0.4, -0.2) is 24.6 Å². The summed E-state index contributed by atoms with van der Waals surface area (Å²) < 4.78 is 6.72. The number of ether oxygens (including phenoxy) is 1. The van der Waals surface area contributed by atoms with Crippen LogP contribution in [0.4, 0.5) is 0 Å². The molecule has 0 spiro atoms. The number of hydrogen-bond donors (Lipinski definition) is 2. The van der Waals surface area contributed by atoms with Crippen LogP contribution >= 0.6 is 15.9 Å². The number of hydrogen-bond acceptors (Lipinski definition) is 3. The van der Waals surface area contributed by atoms with Crippen LogP contribution in [0.15, 0.2) is 28.7 Å². The Kier molecular flexibility index (Phi) is 6.06. The fraction of sp³-hybridized carbons (Fsp3) is 0.562. The molecule has 0 radical (unpaired) electrons. The summed E-state index contributed by atoms with van der Waals surface area (Å²) in [5, 5.41) is 2.93. The number of para-hydroxylation sites is 1. The first kappa shape index (κ1) is 16.3. The normalized spacial score (nSPS) is 22.8. The summed E-state index contributed by atoms with van der Waals surface area (Å²) in [5.41, 5.74) is 5.99. The second-order valence-electron chi connectivity index (χ2n) is 5.72. The van der Waals surface area contributed by atoms with Gasteiger partial charge < -0.3 is 15.8 Å². The highest BCUT2D eigenvalue weighted by Gasteiger charge is 2.26. The molecule has 3 atom stereocenters. The molecule has 1 saturated carbocycles. The average molecular weight is 355 g/mol. The van der Waals surface area contributed by atoms with E-state index in [1.54, 1.807) is 0 Å². The molecule has 4 nitrogen and oxygen atoms in total. The van der Waals surface area contributed by atoms with Crippen LogP contribution in [0.2, 0.25) is 0 Å². The van der Waals surface area contributed by atoms with E-state index in [1.807, 2.05) is 31.2 Å². The molecule has 0 bridgehead atoms. The highest BCUT2D eigenvalue weighted by molar-refractivity contribution is 9.10. The molecule has 1 aliphatic rings. The van der Waals surface area contributed by atoms with E-state index in [1.165, 1.54) is 0 Å². The molecule has 1 fully saturated rings. The SMILES string of the molecule is CC(CNC(=O)C[C@@H]1CCC[C@H]1N)Oc1ccccc1Br. The monoisotopic (exact) mass is 354 g/mol. The fourth-order valence-electron chi connectivity index (χ4n) is 2.69. The molecule has 3 N–H and O–H groups in total. The standard InChI is InChI=1S/C16H23BrN2O2/c1-11(21-15-8-3-2-6-13(15)17)10-19-16(20)9-12-5-4-7-14(12)18/h2-3,6,8,11-12,14H,4-5,7,9-10,18H2,1H3,(H,19,20)/t11?,12-,14+/m0/s1. The van der Waals surface area contributed by atoms with E-state index >= 15 is 0 Å². The molecule has 1 aromatic rings. The van der Waals surface area contributed by atoms with Gasteiger partial charge in [-0.15, -0.1) is 0 Å². The van der Waals surface area contributed by atoms with Gasteiger partial charge in [-0.1, -0.05) is 18.6 Å². The second kappa shape index (κ2) is 7.80. The molecule has 21 heavy (non-hydrogen) atoms. The van der Waals surface area contributed by atoms with Crippen molar-refractivity contribution in [2.45, 2.75) is 44.8 Å². The number of halogens is 1. The minimum Gasteiger partial charge on any atom is -0.488 e. The van der Waals surface area contributed by atoms with Gasteiger partial charge in [0.2, 0.25) is 5.91 Å². The van der Waals surface area contributed by atoms with Crippen LogP contribution < -0.4 is 15.8 Å². The second-order valence-corrected chi connectivity index (χ2v) is 6.58. The Morgan fingerprint density at radius 3 is 2.90 bits per heavy atom. The molecule has 2 rings (SSSR count). The topological polar surface area (TPSA) is 64.4 Å². The smallest absolute Gasteiger partial charge is 0.220 e. The largest absolute Gasteiger partial charge is 0.488 e. The minimum atomic E-state index is -0.0788. The third-order valence-electron chi connectivity index (χ3n) is 3.92. The van der Waals surface area contributed by atoms with E-state index in [9.17, 15) is 4.79 Å². The van der Waals surface area contributed by atoms with E-state index in [4.69, 9.17) is 10.5 Å². The Hall–Kier alpha value is -1.07. The summed E-state index contributed by atoms with van der Waals surface area (Å²) in [4.78, 5) is 11.9. The van der Waals surface area contributed by atoms with Crippen LogP contribution in [-0.2, 0) is 4.79 Å². The lowest BCUT2D eigenvalue weighted by molar-refractivity contribution is -0.122. The van der Waals surface area contributed by atoms with Gasteiger partial charge in [0.25, 0.3) is 0 Å². The first-order valence-electron chi connectivity index (χ1n) is 7.49. The Labute approximate surface area is 134 Å². The van der Waals surface area contributed by atoms with Crippen molar-refractivity contribution < 1.29 is 9.53 Å². The van der Waals surface area contributed by atoms with Crippen molar-refractivity contribution in [3.63, 3.8) is 0 Å². The molecular weight excluding hydrogens is 332 g/mol. The molecular formula is C16H23BrN2O2. The zero-order chi connectivity index (χ0) is 15.2. The van der Waals surface area contributed by atoms with Crippen molar-refractivity contribution in [1.82, 2.24) is 5.32 Å². The van der Waals surface area contributed by atoms with Gasteiger partial charge in [-0.3, -0.25) is 4.79 Å². The summed E-state index contributed by atoms with van der Waals surface area (Å²) >= 11 is 3.44. The fourth-order valence-corrected chi connectivity index (χ4v) is 3.06. The van der Waals surface area contributed by atoms with Crippen LogP contribution in [0, 0.1) is 5.92 Å². The van der Waals surface area contributed by atoms with Gasteiger partial charge in [0, 0.05) is 12.5 Å². The molecule has 0 heterocycles. The van der Waals surface area contributed by atoms with Crippen LogP contribution in [0.5, 0.6) is 5.75 Å². The number of amides is 1. The summed E-state index contributed by atoms with van der Waals surface area (Å²) in [6.45, 7) is 2.45. The van der Waals surface area contributed by atoms with Gasteiger partial charge in [0.05, 0.1) is 11.0 Å². The lowest BCUT2D eigenvalue weighted by atomic mass is 10.00. The van der Waals surface area contributed by atoms with E-state index in [-0.39, 0.29) is 18.1 Å². The maximum Gasteiger partial charge on any atom is 0.220 e. The molecule has 5 heteroatoms. The Bertz CT molecular complexity index is 481. The summed E-state index contributed by atoms with van der Waals surface area (Å²) in [5.74, 6) is 1.20. The van der Waals surface area contributed by atoms with Crippen LogP contribution in [0.3, 0.4) is 0 Å². The Morgan fingerprint density at radius 2 is 2.24 bits per heavy atom. The average Bonchev–Trinajstić information content (AvgIpc) is 2.85. The predicted molar refractivity (Wildman–Crippen MR) is 87.2 cm³/mol. The third-order valence-corrected chi connectivity index (χ3v) is 4.57. The van der Waals surface area contributed by atoms with Gasteiger partial charge in [-0.25, -0.2) is 0 Å². The molecule has 116 valence electrons. The van der Waals surface area contributed by atoms with Crippen molar-refractivity contribution in [2.24, 2.45) is 11.7 Å². The van der Waals surface area contributed by atoms with Gasteiger partial charge in [0.1, 0.15) is 11.9 Å². The maximum atomic E-state index is 11.9. The zero-order valence-corrected chi connectivity index (χ0v) is 13.9. The molecule has 1 aromatic carbocycles. The van der Waals surface area contributed by atoms with Gasteiger partial charge >= 0.3 is 0 Å². The minimum absolute atomic E-state index is 0.0694. The maximum absolute atomic E-state index is 11.9. The van der Waals surface area contributed by atoms with Gasteiger partial charge in [-0.2, -0.15) is 0 Å². The molecule has 1 amide bonds. The van der Waals surface area contributed by atoms with E-state index in [0.717, 1.165) is 29.5 Å². The summed E-state index contributed by atoms with van der Waals surface area (Å²) in [7, 11) is 0. The number of nitrogens with two attached hydrogens (primary N) is 1. The van der Waals surface area contributed by atoms with E-state index in [2.05, 4.69) is 21.2 Å². The highest BCUT2D eigenvalue weighted by atomic mass is 79.9. The van der Waals surface area contributed by atoms with E-state index in [0.29, 0.717) is 18.9 Å². The first-order valence-corrected chi connectivity index (χ1v) is 8.29. The predicted octanol–water partition coefficient (Wildman–Crippen LogP) is 2.85. The van der Waals surface area contributed by atoms with Crippen molar-refractivity contribution >= 4 is 21.8 Å². The lowest BCUT2D eigenvalue weighted by Crippen LogP contribution is -2.36. The lowest BCUT2D eigenvalue weighted by Gasteiger charge is -2.18. The van der Waals surface area contributed by atoms with E-state index < -0.39 is 0 Å². The van der Waals surface area contributed by atoms with Crippen molar-refractivity contribution in [3.05, 3.63) is 28.7 Å². The van der Waals surface area contributed by atoms with Crippen molar-refractivity contribution in [1.29, 1.82) is 0 Å². The van der Waals surface area contributed by atoms with Crippen molar-refractivity contribution in [2.75, 3.05) is 6.54 Å². The first-order chi connectivity index (χ1) is 10.1. The third kappa shape index (κ3) is 5.00. The molecule has 0 aromatic heterocycles. The molecule has 1 aliphatic carbocycles. The number of nitrogens with one attached hydrogen (secondary N) is 1. The number of carbonyl (C=O) groups is 1. The number of rotatable bonds is 6. The summed E-state index contributed by atoms with van der Waals surface area (Å²) in [6.07, 6.45) is 3.70. The van der Waals surface area contributed by atoms with Gasteiger partial charge in [-0.05, 0) is 53.7 Å². The molecule has 1 unspecified atom stereocenters. The quantitative estimate of drug-likeness (QED) is 0.825. The summed E-state index contributed by atoms with van der Waals surface area (Å²) in [6, 6.07) is 7.88. The van der Waals surface area contributed by atoms with Crippen LogP contribution in [0.1, 0.15) is 32.6 Å². The Balaban J connectivity index is 1.72. The number of benzene rings is 1. The molecule has 0 aliphatic heterocycles. The highest BCUT2D eigenvalue weighted by Crippen LogP contribution is 2.27. The zero-order valence-electron chi connectivity index (χ0n) is 12.3. The molecule has 0 saturated heterocycles.